The van der Waals surface area contributed by atoms with Crippen molar-refractivity contribution in [2.75, 3.05) is 26.3 Å². The Morgan fingerprint density at radius 3 is 2.95 bits per heavy atom. The second-order valence-corrected chi connectivity index (χ2v) is 5.60. The minimum absolute atomic E-state index is 0.215. The van der Waals surface area contributed by atoms with E-state index >= 15 is 0 Å². The van der Waals surface area contributed by atoms with Gasteiger partial charge in [-0.25, -0.2) is 4.98 Å². The molecule has 6 nitrogen and oxygen atoms in total. The van der Waals surface area contributed by atoms with E-state index in [0.717, 1.165) is 41.1 Å². The first-order chi connectivity index (χ1) is 10.3. The molecule has 1 aliphatic heterocycles. The molecule has 1 aromatic heterocycles. The molecule has 1 fully saturated rings. The van der Waals surface area contributed by atoms with Gasteiger partial charge in [-0.2, -0.15) is 0 Å². The van der Waals surface area contributed by atoms with Crippen LogP contribution in [0.1, 0.15) is 6.42 Å². The fourth-order valence-electron chi connectivity index (χ4n) is 1.99. The maximum Gasteiger partial charge on any atom is 0.208 e. The molecule has 1 aromatic carbocycles. The van der Waals surface area contributed by atoms with E-state index in [2.05, 4.69) is 15.2 Å². The van der Waals surface area contributed by atoms with E-state index in [1.807, 2.05) is 24.3 Å². The number of benzene rings is 1. The monoisotopic (exact) mass is 307 g/mol. The van der Waals surface area contributed by atoms with Crippen LogP contribution in [0.15, 0.2) is 29.4 Å². The van der Waals surface area contributed by atoms with Crippen molar-refractivity contribution in [3.63, 3.8) is 0 Å². The normalized spacial score (nSPS) is 18.6. The summed E-state index contributed by atoms with van der Waals surface area (Å²) in [7, 11) is 1.65. The average molecular weight is 307 g/mol. The first-order valence-corrected chi connectivity index (χ1v) is 7.72. The Morgan fingerprint density at radius 1 is 1.38 bits per heavy atom. The SMILES string of the molecule is COc1ccc(-c2nc(SC[C@H]3CCOCO3)n[nH]2)cc1. The summed E-state index contributed by atoms with van der Waals surface area (Å²) in [6, 6.07) is 7.71. The number of H-pyrrole nitrogens is 1. The average Bonchev–Trinajstić information content (AvgIpc) is 3.03. The lowest BCUT2D eigenvalue weighted by Crippen LogP contribution is -2.25. The zero-order chi connectivity index (χ0) is 14.5. The first-order valence-electron chi connectivity index (χ1n) is 6.74. The largest absolute Gasteiger partial charge is 0.497 e. The maximum absolute atomic E-state index is 5.49. The van der Waals surface area contributed by atoms with E-state index in [-0.39, 0.29) is 6.10 Å². The molecule has 21 heavy (non-hydrogen) atoms. The van der Waals surface area contributed by atoms with Gasteiger partial charge < -0.3 is 14.2 Å². The number of hydrogen-bond donors (Lipinski definition) is 1. The molecule has 1 N–H and O–H groups in total. The molecule has 1 atom stereocenters. The van der Waals surface area contributed by atoms with Gasteiger partial charge in [-0.15, -0.1) is 5.10 Å². The summed E-state index contributed by atoms with van der Waals surface area (Å²) in [5, 5.41) is 7.92. The highest BCUT2D eigenvalue weighted by Crippen LogP contribution is 2.23. The first kappa shape index (κ1) is 14.4. The lowest BCUT2D eigenvalue weighted by molar-refractivity contribution is -0.130. The number of aromatic amines is 1. The van der Waals surface area contributed by atoms with Crippen molar-refractivity contribution in [1.29, 1.82) is 0 Å². The molecule has 112 valence electrons. The summed E-state index contributed by atoms with van der Waals surface area (Å²) in [4.78, 5) is 4.49. The third-order valence-corrected chi connectivity index (χ3v) is 4.18. The molecule has 0 saturated carbocycles. The van der Waals surface area contributed by atoms with Crippen LogP contribution in [0.4, 0.5) is 0 Å². The van der Waals surface area contributed by atoms with E-state index < -0.39 is 0 Å². The minimum atomic E-state index is 0.215. The number of methoxy groups -OCH3 is 1. The van der Waals surface area contributed by atoms with Crippen molar-refractivity contribution in [2.24, 2.45) is 0 Å². The summed E-state index contributed by atoms with van der Waals surface area (Å²) in [6.45, 7) is 1.15. The second kappa shape index (κ2) is 6.93. The molecule has 1 saturated heterocycles. The van der Waals surface area contributed by atoms with Crippen LogP contribution in [-0.2, 0) is 9.47 Å². The molecule has 0 unspecified atom stereocenters. The van der Waals surface area contributed by atoms with Crippen LogP contribution >= 0.6 is 11.8 Å². The number of rotatable bonds is 5. The molecule has 0 radical (unpaired) electrons. The summed E-state index contributed by atoms with van der Waals surface area (Å²) in [5.41, 5.74) is 0.984. The van der Waals surface area contributed by atoms with Crippen LogP contribution in [-0.4, -0.2) is 47.5 Å². The Labute approximate surface area is 127 Å². The molecule has 0 bridgehead atoms. The molecule has 3 rings (SSSR count). The molecule has 2 heterocycles. The van der Waals surface area contributed by atoms with Crippen LogP contribution in [0.25, 0.3) is 11.4 Å². The molecule has 7 heteroatoms. The van der Waals surface area contributed by atoms with Crippen molar-refractivity contribution in [2.45, 2.75) is 17.7 Å². The van der Waals surface area contributed by atoms with Gasteiger partial charge in [0, 0.05) is 11.3 Å². The van der Waals surface area contributed by atoms with Gasteiger partial charge in [0.05, 0.1) is 19.8 Å². The highest BCUT2D eigenvalue weighted by Gasteiger charge is 2.16. The fourth-order valence-corrected chi connectivity index (χ4v) is 2.85. The summed E-state index contributed by atoms with van der Waals surface area (Å²) in [5.74, 6) is 2.42. The maximum atomic E-state index is 5.49. The number of ether oxygens (including phenoxy) is 3. The van der Waals surface area contributed by atoms with E-state index in [0.29, 0.717) is 6.79 Å². The highest BCUT2D eigenvalue weighted by atomic mass is 32.2. The van der Waals surface area contributed by atoms with Gasteiger partial charge in [-0.3, -0.25) is 5.10 Å². The predicted molar refractivity (Wildman–Crippen MR) is 79.4 cm³/mol. The van der Waals surface area contributed by atoms with Crippen molar-refractivity contribution in [3.05, 3.63) is 24.3 Å². The van der Waals surface area contributed by atoms with E-state index in [9.17, 15) is 0 Å². The molecular weight excluding hydrogens is 290 g/mol. The Hall–Kier alpha value is -1.57. The highest BCUT2D eigenvalue weighted by molar-refractivity contribution is 7.99. The van der Waals surface area contributed by atoms with Crippen LogP contribution in [0.2, 0.25) is 0 Å². The van der Waals surface area contributed by atoms with E-state index in [1.165, 1.54) is 0 Å². The number of thioether (sulfide) groups is 1. The lowest BCUT2D eigenvalue weighted by Gasteiger charge is -2.21. The number of aromatic nitrogens is 3. The van der Waals surface area contributed by atoms with Gasteiger partial charge in [-0.1, -0.05) is 11.8 Å². The third-order valence-electron chi connectivity index (χ3n) is 3.20. The molecule has 2 aromatic rings. The van der Waals surface area contributed by atoms with Gasteiger partial charge in [0.1, 0.15) is 12.5 Å². The van der Waals surface area contributed by atoms with Gasteiger partial charge >= 0.3 is 0 Å². The third kappa shape index (κ3) is 3.75. The van der Waals surface area contributed by atoms with Crippen molar-refractivity contribution >= 4 is 11.8 Å². The molecule has 1 aliphatic rings. The van der Waals surface area contributed by atoms with Crippen LogP contribution in [0.5, 0.6) is 5.75 Å². The second-order valence-electron chi connectivity index (χ2n) is 4.61. The fraction of sp³-hybridized carbons (Fsp3) is 0.429. The van der Waals surface area contributed by atoms with Gasteiger partial charge in [-0.05, 0) is 30.7 Å². The number of nitrogens with one attached hydrogen (secondary N) is 1. The Bertz CT molecular complexity index is 567. The van der Waals surface area contributed by atoms with Gasteiger partial charge in [0.25, 0.3) is 0 Å². The lowest BCUT2D eigenvalue weighted by atomic mass is 10.2. The van der Waals surface area contributed by atoms with Crippen LogP contribution in [0.3, 0.4) is 0 Å². The van der Waals surface area contributed by atoms with E-state index in [1.54, 1.807) is 18.9 Å². The topological polar surface area (TPSA) is 69.3 Å². The van der Waals surface area contributed by atoms with E-state index in [4.69, 9.17) is 14.2 Å². The molecule has 0 spiro atoms. The van der Waals surface area contributed by atoms with Crippen LogP contribution in [0, 0.1) is 0 Å². The van der Waals surface area contributed by atoms with Crippen molar-refractivity contribution in [3.8, 4) is 17.1 Å². The number of hydrogen-bond acceptors (Lipinski definition) is 6. The van der Waals surface area contributed by atoms with Crippen molar-refractivity contribution < 1.29 is 14.2 Å². The van der Waals surface area contributed by atoms with Gasteiger partial charge in [0.15, 0.2) is 5.82 Å². The Kier molecular flexibility index (Phi) is 4.74. The number of nitrogens with zero attached hydrogens (tertiary/aromatic N) is 2. The minimum Gasteiger partial charge on any atom is -0.497 e. The Balaban J connectivity index is 1.59. The quantitative estimate of drug-likeness (QED) is 0.855. The molecule has 0 amide bonds. The zero-order valence-corrected chi connectivity index (χ0v) is 12.6. The Morgan fingerprint density at radius 2 is 2.24 bits per heavy atom. The molecule has 0 aliphatic carbocycles. The van der Waals surface area contributed by atoms with Gasteiger partial charge in [0.2, 0.25) is 5.16 Å². The summed E-state index contributed by atoms with van der Waals surface area (Å²) < 4.78 is 15.8. The van der Waals surface area contributed by atoms with Crippen LogP contribution < -0.4 is 4.74 Å². The zero-order valence-electron chi connectivity index (χ0n) is 11.7. The molecular formula is C14H17N3O3S. The standard InChI is InChI=1S/C14H17N3O3S/c1-18-11-4-2-10(3-5-11)13-15-14(17-16-13)21-8-12-6-7-19-9-20-12/h2-5,12H,6-9H2,1H3,(H,15,16,17)/t12-/m1/s1. The van der Waals surface area contributed by atoms with Crippen molar-refractivity contribution in [1.82, 2.24) is 15.2 Å². The summed E-state index contributed by atoms with van der Waals surface area (Å²) in [6.07, 6.45) is 1.13. The smallest absolute Gasteiger partial charge is 0.208 e. The predicted octanol–water partition coefficient (Wildman–Crippen LogP) is 2.34. The summed E-state index contributed by atoms with van der Waals surface area (Å²) >= 11 is 1.59.